The Morgan fingerprint density at radius 2 is 1.93 bits per heavy atom. The van der Waals surface area contributed by atoms with Crippen molar-refractivity contribution in [2.45, 2.75) is 36.6 Å². The van der Waals surface area contributed by atoms with Gasteiger partial charge in [-0.1, -0.05) is 30.3 Å². The summed E-state index contributed by atoms with van der Waals surface area (Å²) >= 11 is 1.51. The first kappa shape index (κ1) is 19.5. The van der Waals surface area contributed by atoms with E-state index in [9.17, 15) is 14.4 Å². The summed E-state index contributed by atoms with van der Waals surface area (Å²) in [5, 5.41) is 5.58. The van der Waals surface area contributed by atoms with E-state index >= 15 is 0 Å². The summed E-state index contributed by atoms with van der Waals surface area (Å²) in [5.41, 5.74) is 2.80. The number of rotatable bonds is 5. The zero-order valence-corrected chi connectivity index (χ0v) is 17.3. The number of benzene rings is 2. The van der Waals surface area contributed by atoms with Crippen molar-refractivity contribution in [1.82, 2.24) is 10.2 Å². The molecule has 1 aliphatic carbocycles. The van der Waals surface area contributed by atoms with Crippen LogP contribution in [0.5, 0.6) is 0 Å². The molecule has 29 heavy (non-hydrogen) atoms. The number of carbonyl (C=O) groups is 3. The lowest BCUT2D eigenvalue weighted by atomic mass is 9.89. The van der Waals surface area contributed by atoms with Gasteiger partial charge in [0.25, 0.3) is 5.91 Å². The van der Waals surface area contributed by atoms with Crippen LogP contribution >= 0.6 is 11.8 Å². The standard InChI is InChI=1S/C22H23N3O3S/c1-22(16-11-10-14-6-5-7-15(14)12-16)20(27)25(21(28)24-22)13-19(26)23-17-8-3-4-9-18(17)29-2/h3-4,8-12H,5-7,13H2,1-2H3,(H,23,26)(H,24,28)/t22-/m1/s1. The summed E-state index contributed by atoms with van der Waals surface area (Å²) in [4.78, 5) is 40.1. The molecule has 1 aliphatic heterocycles. The predicted octanol–water partition coefficient (Wildman–Crippen LogP) is 3.30. The molecule has 4 rings (SSSR count). The number of hydrogen-bond acceptors (Lipinski definition) is 4. The third-order valence-corrected chi connectivity index (χ3v) is 6.43. The molecule has 2 aromatic carbocycles. The van der Waals surface area contributed by atoms with Crippen molar-refractivity contribution >= 4 is 35.3 Å². The maximum Gasteiger partial charge on any atom is 0.325 e. The van der Waals surface area contributed by atoms with E-state index in [2.05, 4.69) is 10.6 Å². The third-order valence-electron chi connectivity index (χ3n) is 5.63. The molecular weight excluding hydrogens is 386 g/mol. The van der Waals surface area contributed by atoms with Crippen molar-refractivity contribution in [2.24, 2.45) is 0 Å². The molecule has 2 aromatic rings. The van der Waals surface area contributed by atoms with Crippen LogP contribution in [0.1, 0.15) is 30.0 Å². The van der Waals surface area contributed by atoms with Crippen LogP contribution in [-0.4, -0.2) is 35.5 Å². The van der Waals surface area contributed by atoms with Crippen molar-refractivity contribution in [1.29, 1.82) is 0 Å². The van der Waals surface area contributed by atoms with E-state index < -0.39 is 23.4 Å². The summed E-state index contributed by atoms with van der Waals surface area (Å²) in [5.74, 6) is -0.818. The van der Waals surface area contributed by atoms with E-state index in [1.165, 1.54) is 22.9 Å². The average Bonchev–Trinajstić information content (AvgIpc) is 3.27. The normalized spacial score (nSPS) is 20.6. The van der Waals surface area contributed by atoms with Crippen molar-refractivity contribution in [3.05, 3.63) is 59.2 Å². The number of hydrogen-bond donors (Lipinski definition) is 2. The highest BCUT2D eigenvalue weighted by Gasteiger charge is 2.49. The summed E-state index contributed by atoms with van der Waals surface area (Å²) < 4.78 is 0. The van der Waals surface area contributed by atoms with E-state index in [4.69, 9.17) is 0 Å². The van der Waals surface area contributed by atoms with Gasteiger partial charge in [-0.3, -0.25) is 14.5 Å². The largest absolute Gasteiger partial charge is 0.325 e. The van der Waals surface area contributed by atoms with E-state index in [0.717, 1.165) is 34.6 Å². The van der Waals surface area contributed by atoms with Crippen molar-refractivity contribution in [3.63, 3.8) is 0 Å². The molecule has 0 unspecified atom stereocenters. The number of imide groups is 1. The number of thioether (sulfide) groups is 1. The lowest BCUT2D eigenvalue weighted by Crippen LogP contribution is -2.42. The van der Waals surface area contributed by atoms with E-state index in [1.807, 2.05) is 42.7 Å². The fourth-order valence-corrected chi connectivity index (χ4v) is 4.55. The molecule has 0 aromatic heterocycles. The number of carbonyl (C=O) groups excluding carboxylic acids is 3. The highest BCUT2D eigenvalue weighted by molar-refractivity contribution is 7.98. The van der Waals surface area contributed by atoms with Gasteiger partial charge < -0.3 is 10.6 Å². The van der Waals surface area contributed by atoms with Crippen LogP contribution in [0, 0.1) is 0 Å². The molecule has 4 amide bonds. The van der Waals surface area contributed by atoms with Gasteiger partial charge in [0.05, 0.1) is 5.69 Å². The molecule has 0 saturated carbocycles. The molecule has 0 bridgehead atoms. The SMILES string of the molecule is CSc1ccccc1NC(=O)CN1C(=O)N[C@](C)(c2ccc3c(c2)CCC3)C1=O. The second-order valence-electron chi connectivity index (χ2n) is 7.53. The Hall–Kier alpha value is -2.80. The van der Waals surface area contributed by atoms with Crippen LogP contribution in [0.2, 0.25) is 0 Å². The first-order valence-corrected chi connectivity index (χ1v) is 10.8. The molecule has 2 aliphatic rings. The molecule has 1 saturated heterocycles. The Balaban J connectivity index is 1.51. The zero-order valence-electron chi connectivity index (χ0n) is 16.5. The minimum atomic E-state index is -1.16. The van der Waals surface area contributed by atoms with Crippen LogP contribution in [0.15, 0.2) is 47.4 Å². The minimum absolute atomic E-state index is 0.325. The molecule has 2 N–H and O–H groups in total. The Morgan fingerprint density at radius 3 is 2.72 bits per heavy atom. The van der Waals surface area contributed by atoms with Crippen LogP contribution in [0.3, 0.4) is 0 Å². The van der Waals surface area contributed by atoms with Gasteiger partial charge in [0.1, 0.15) is 12.1 Å². The summed E-state index contributed by atoms with van der Waals surface area (Å²) in [6.07, 6.45) is 5.07. The molecule has 1 fully saturated rings. The van der Waals surface area contributed by atoms with Gasteiger partial charge in [0.2, 0.25) is 5.91 Å². The zero-order chi connectivity index (χ0) is 20.6. The molecular formula is C22H23N3O3S. The van der Waals surface area contributed by atoms with Crippen molar-refractivity contribution < 1.29 is 14.4 Å². The van der Waals surface area contributed by atoms with Gasteiger partial charge >= 0.3 is 6.03 Å². The topological polar surface area (TPSA) is 78.5 Å². The molecule has 0 spiro atoms. The van der Waals surface area contributed by atoms with Crippen molar-refractivity contribution in [2.75, 3.05) is 18.1 Å². The molecule has 7 heteroatoms. The molecule has 1 heterocycles. The third kappa shape index (κ3) is 3.51. The van der Waals surface area contributed by atoms with Gasteiger partial charge in [-0.25, -0.2) is 4.79 Å². The second kappa shape index (κ2) is 7.55. The lowest BCUT2D eigenvalue weighted by Gasteiger charge is -2.23. The van der Waals surface area contributed by atoms with Crippen LogP contribution in [-0.2, 0) is 28.0 Å². The number of anilines is 1. The van der Waals surface area contributed by atoms with Crippen LogP contribution in [0.4, 0.5) is 10.5 Å². The van der Waals surface area contributed by atoms with Gasteiger partial charge in [-0.05, 0) is 61.3 Å². The number of nitrogens with one attached hydrogen (secondary N) is 2. The monoisotopic (exact) mass is 409 g/mol. The number of para-hydroxylation sites is 1. The summed E-state index contributed by atoms with van der Waals surface area (Å²) in [6.45, 7) is 1.37. The maximum absolute atomic E-state index is 13.1. The average molecular weight is 410 g/mol. The van der Waals surface area contributed by atoms with Crippen LogP contribution in [0.25, 0.3) is 0 Å². The van der Waals surface area contributed by atoms with Crippen LogP contribution < -0.4 is 10.6 Å². The minimum Gasteiger partial charge on any atom is -0.324 e. The van der Waals surface area contributed by atoms with Gasteiger partial charge in [0.15, 0.2) is 0 Å². The van der Waals surface area contributed by atoms with Gasteiger partial charge in [0, 0.05) is 4.90 Å². The molecule has 150 valence electrons. The Labute approximate surface area is 174 Å². The Kier molecular flexibility index (Phi) is 5.08. The highest BCUT2D eigenvalue weighted by atomic mass is 32.2. The predicted molar refractivity (Wildman–Crippen MR) is 113 cm³/mol. The number of fused-ring (bicyclic) bond motifs is 1. The number of urea groups is 1. The van der Waals surface area contributed by atoms with Gasteiger partial charge in [-0.2, -0.15) is 0 Å². The van der Waals surface area contributed by atoms with E-state index in [0.29, 0.717) is 5.69 Å². The maximum atomic E-state index is 13.1. The number of amides is 4. The summed E-state index contributed by atoms with van der Waals surface area (Å²) in [6, 6.07) is 12.8. The fraction of sp³-hybridized carbons (Fsp3) is 0.318. The Morgan fingerprint density at radius 1 is 1.17 bits per heavy atom. The first-order chi connectivity index (χ1) is 13.9. The first-order valence-electron chi connectivity index (χ1n) is 9.61. The quantitative estimate of drug-likeness (QED) is 0.587. The highest BCUT2D eigenvalue weighted by Crippen LogP contribution is 2.32. The molecule has 0 radical (unpaired) electrons. The number of nitrogens with zero attached hydrogens (tertiary/aromatic N) is 1. The van der Waals surface area contributed by atoms with E-state index in [-0.39, 0.29) is 6.54 Å². The van der Waals surface area contributed by atoms with Gasteiger partial charge in [-0.15, -0.1) is 11.8 Å². The van der Waals surface area contributed by atoms with Crippen molar-refractivity contribution in [3.8, 4) is 0 Å². The lowest BCUT2D eigenvalue weighted by molar-refractivity contribution is -0.133. The Bertz CT molecular complexity index is 1010. The number of aryl methyl sites for hydroxylation is 2. The second-order valence-corrected chi connectivity index (χ2v) is 8.38. The smallest absolute Gasteiger partial charge is 0.324 e. The molecule has 1 atom stereocenters. The fourth-order valence-electron chi connectivity index (χ4n) is 4.00. The van der Waals surface area contributed by atoms with E-state index in [1.54, 1.807) is 13.0 Å². The summed E-state index contributed by atoms with van der Waals surface area (Å²) in [7, 11) is 0. The molecule has 6 nitrogen and oxygen atoms in total.